The molecule has 0 radical (unpaired) electrons. The monoisotopic (exact) mass is 254 g/mol. The Bertz CT molecular complexity index is 541. The van der Waals surface area contributed by atoms with Crippen LogP contribution >= 0.6 is 0 Å². The Morgan fingerprint density at radius 3 is 2.11 bits per heavy atom. The highest BCUT2D eigenvalue weighted by atomic mass is 16.3. The van der Waals surface area contributed by atoms with E-state index in [0.29, 0.717) is 12.1 Å². The van der Waals surface area contributed by atoms with Crippen LogP contribution < -0.4 is 5.01 Å². The van der Waals surface area contributed by atoms with Crippen molar-refractivity contribution in [3.63, 3.8) is 0 Å². The Hall–Kier alpha value is -2.49. The van der Waals surface area contributed by atoms with Gasteiger partial charge in [-0.25, -0.2) is 0 Å². The summed E-state index contributed by atoms with van der Waals surface area (Å²) in [5.41, 5.74) is 1.56. The van der Waals surface area contributed by atoms with Crippen molar-refractivity contribution in [3.8, 4) is 0 Å². The largest absolute Gasteiger partial charge is 0.272 e. The molecule has 0 heterocycles. The van der Waals surface area contributed by atoms with Crippen molar-refractivity contribution in [2.45, 2.75) is 12.8 Å². The van der Waals surface area contributed by atoms with Gasteiger partial charge in [0.05, 0.1) is 11.0 Å². The molecule has 0 N–H and O–H groups in total. The number of nitroso groups, excluding NO2 is 1. The van der Waals surface area contributed by atoms with Crippen molar-refractivity contribution >= 4 is 11.6 Å². The molecular weight excluding hydrogens is 240 g/mol. The number of nitrogens with zero attached hydrogens (tertiary/aromatic N) is 2. The lowest BCUT2D eigenvalue weighted by atomic mass is 10.1. The molecule has 2 aromatic carbocycles. The highest BCUT2D eigenvalue weighted by molar-refractivity contribution is 5.92. The van der Waals surface area contributed by atoms with E-state index >= 15 is 0 Å². The Morgan fingerprint density at radius 2 is 1.53 bits per heavy atom. The highest BCUT2D eigenvalue weighted by Gasteiger charge is 2.15. The lowest BCUT2D eigenvalue weighted by Crippen LogP contribution is -2.24. The Labute approximate surface area is 111 Å². The molecule has 0 aliphatic carbocycles. The van der Waals surface area contributed by atoms with E-state index in [4.69, 9.17) is 0 Å². The van der Waals surface area contributed by atoms with Gasteiger partial charge in [-0.3, -0.25) is 4.79 Å². The average Bonchev–Trinajstić information content (AvgIpc) is 2.48. The maximum atomic E-state index is 12.0. The lowest BCUT2D eigenvalue weighted by Gasteiger charge is -2.13. The quantitative estimate of drug-likeness (QED) is 0.607. The molecular formula is C15H14N2O2. The van der Waals surface area contributed by atoms with Gasteiger partial charge in [0, 0.05) is 6.42 Å². The third-order valence-electron chi connectivity index (χ3n) is 2.79. The minimum atomic E-state index is -0.301. The number of rotatable bonds is 5. The molecule has 0 spiro atoms. The lowest BCUT2D eigenvalue weighted by molar-refractivity contribution is -0.118. The number of para-hydroxylation sites is 1. The number of aryl methyl sites for hydroxylation is 1. The van der Waals surface area contributed by atoms with E-state index in [2.05, 4.69) is 5.29 Å². The molecule has 0 unspecified atom stereocenters. The summed E-state index contributed by atoms with van der Waals surface area (Å²) in [5.74, 6) is -0.301. The minimum Gasteiger partial charge on any atom is -0.272 e. The van der Waals surface area contributed by atoms with Crippen LogP contribution in [0.5, 0.6) is 0 Å². The molecule has 2 aromatic rings. The third-order valence-corrected chi connectivity index (χ3v) is 2.79. The van der Waals surface area contributed by atoms with Crippen molar-refractivity contribution in [3.05, 3.63) is 71.1 Å². The predicted octanol–water partition coefficient (Wildman–Crippen LogP) is 3.33. The SMILES string of the molecule is O=NN(C(=O)CCc1ccccc1)c1ccccc1. The smallest absolute Gasteiger partial charge is 0.250 e. The minimum absolute atomic E-state index is 0.255. The van der Waals surface area contributed by atoms with Gasteiger partial charge >= 0.3 is 0 Å². The normalized spacial score (nSPS) is 9.89. The maximum Gasteiger partial charge on any atom is 0.250 e. The van der Waals surface area contributed by atoms with Crippen LogP contribution in [0.4, 0.5) is 5.69 Å². The van der Waals surface area contributed by atoms with Crippen LogP contribution in [0.25, 0.3) is 0 Å². The molecule has 0 saturated heterocycles. The first kappa shape index (κ1) is 13.0. The van der Waals surface area contributed by atoms with Gasteiger partial charge in [0.1, 0.15) is 0 Å². The van der Waals surface area contributed by atoms with E-state index in [-0.39, 0.29) is 12.3 Å². The predicted molar refractivity (Wildman–Crippen MR) is 74.5 cm³/mol. The summed E-state index contributed by atoms with van der Waals surface area (Å²) in [5, 5.41) is 3.71. The summed E-state index contributed by atoms with van der Waals surface area (Å²) in [6.07, 6.45) is 0.850. The van der Waals surface area contributed by atoms with Crippen LogP contribution in [-0.2, 0) is 11.2 Å². The zero-order valence-electron chi connectivity index (χ0n) is 10.4. The molecule has 1 amide bonds. The van der Waals surface area contributed by atoms with Gasteiger partial charge in [0.15, 0.2) is 0 Å². The molecule has 0 atom stereocenters. The Balaban J connectivity index is 2.00. The molecule has 96 valence electrons. The third kappa shape index (κ3) is 3.48. The standard InChI is InChI=1S/C15H14N2O2/c18-15(12-11-13-7-3-1-4-8-13)17(16-19)14-9-5-2-6-10-14/h1-10H,11-12H2. The average molecular weight is 254 g/mol. The first-order valence-electron chi connectivity index (χ1n) is 6.06. The number of carbonyl (C=O) groups excluding carboxylic acids is 1. The summed E-state index contributed by atoms with van der Waals surface area (Å²) < 4.78 is 0. The van der Waals surface area contributed by atoms with Crippen LogP contribution in [-0.4, -0.2) is 5.91 Å². The van der Waals surface area contributed by atoms with Crippen LogP contribution in [0, 0.1) is 4.91 Å². The molecule has 0 aliphatic rings. The summed E-state index contributed by atoms with van der Waals surface area (Å²) in [6.45, 7) is 0. The fourth-order valence-corrected chi connectivity index (χ4v) is 1.81. The molecule has 0 aromatic heterocycles. The molecule has 0 fully saturated rings. The van der Waals surface area contributed by atoms with Crippen LogP contribution in [0.15, 0.2) is 65.9 Å². The van der Waals surface area contributed by atoms with E-state index in [0.717, 1.165) is 10.6 Å². The molecule has 4 heteroatoms. The second kappa shape index (κ2) is 6.44. The molecule has 19 heavy (non-hydrogen) atoms. The highest BCUT2D eigenvalue weighted by Crippen LogP contribution is 2.15. The number of carbonyl (C=O) groups is 1. The van der Waals surface area contributed by atoms with Crippen LogP contribution in [0.2, 0.25) is 0 Å². The van der Waals surface area contributed by atoms with E-state index in [1.807, 2.05) is 36.4 Å². The van der Waals surface area contributed by atoms with Gasteiger partial charge in [-0.15, -0.1) is 4.91 Å². The van der Waals surface area contributed by atoms with Crippen molar-refractivity contribution in [2.24, 2.45) is 5.29 Å². The first-order valence-corrected chi connectivity index (χ1v) is 6.06. The summed E-state index contributed by atoms with van der Waals surface area (Å²) in [7, 11) is 0. The van der Waals surface area contributed by atoms with E-state index < -0.39 is 0 Å². The van der Waals surface area contributed by atoms with Crippen molar-refractivity contribution in [1.82, 2.24) is 0 Å². The van der Waals surface area contributed by atoms with E-state index in [9.17, 15) is 9.70 Å². The number of anilines is 1. The van der Waals surface area contributed by atoms with Gasteiger partial charge in [-0.2, -0.15) is 5.01 Å². The number of amides is 1. The van der Waals surface area contributed by atoms with E-state index in [1.165, 1.54) is 0 Å². The molecule has 2 rings (SSSR count). The summed E-state index contributed by atoms with van der Waals surface area (Å²) in [6, 6.07) is 18.4. The first-order chi connectivity index (χ1) is 9.31. The van der Waals surface area contributed by atoms with Gasteiger partial charge < -0.3 is 0 Å². The van der Waals surface area contributed by atoms with Crippen LogP contribution in [0.3, 0.4) is 0 Å². The number of hydrogen-bond donors (Lipinski definition) is 0. The molecule has 0 bridgehead atoms. The van der Waals surface area contributed by atoms with Crippen molar-refractivity contribution in [2.75, 3.05) is 5.01 Å². The van der Waals surface area contributed by atoms with Crippen LogP contribution in [0.1, 0.15) is 12.0 Å². The molecule has 0 saturated carbocycles. The van der Waals surface area contributed by atoms with Gasteiger partial charge in [-0.05, 0) is 24.1 Å². The fraction of sp³-hybridized carbons (Fsp3) is 0.133. The second-order valence-corrected chi connectivity index (χ2v) is 4.11. The Morgan fingerprint density at radius 1 is 0.947 bits per heavy atom. The van der Waals surface area contributed by atoms with Crippen molar-refractivity contribution in [1.29, 1.82) is 0 Å². The summed E-state index contributed by atoms with van der Waals surface area (Å²) in [4.78, 5) is 22.8. The van der Waals surface area contributed by atoms with Crippen molar-refractivity contribution < 1.29 is 4.79 Å². The number of hydrogen-bond acceptors (Lipinski definition) is 3. The van der Waals surface area contributed by atoms with E-state index in [1.54, 1.807) is 24.3 Å². The second-order valence-electron chi connectivity index (χ2n) is 4.11. The van der Waals surface area contributed by atoms with Gasteiger partial charge in [0.2, 0.25) is 5.91 Å². The summed E-state index contributed by atoms with van der Waals surface area (Å²) >= 11 is 0. The molecule has 0 aliphatic heterocycles. The molecule has 4 nitrogen and oxygen atoms in total. The zero-order chi connectivity index (χ0) is 13.5. The maximum absolute atomic E-state index is 12.0. The van der Waals surface area contributed by atoms with Gasteiger partial charge in [-0.1, -0.05) is 48.5 Å². The zero-order valence-corrected chi connectivity index (χ0v) is 10.4. The topological polar surface area (TPSA) is 49.7 Å². The van der Waals surface area contributed by atoms with Gasteiger partial charge in [0.25, 0.3) is 0 Å². The fourth-order valence-electron chi connectivity index (χ4n) is 1.81. The Kier molecular flexibility index (Phi) is 4.39. The number of benzene rings is 2.